The molecule has 2 N–H and O–H groups in total. The van der Waals surface area contributed by atoms with Crippen molar-refractivity contribution in [3.63, 3.8) is 0 Å². The van der Waals surface area contributed by atoms with Gasteiger partial charge in [-0.3, -0.25) is 9.59 Å². The minimum Gasteiger partial charge on any atom is -0.479 e. The lowest BCUT2D eigenvalue weighted by Gasteiger charge is -2.34. The van der Waals surface area contributed by atoms with Gasteiger partial charge in [0.05, 0.1) is 18.8 Å². The van der Waals surface area contributed by atoms with Crippen LogP contribution in [0, 0.1) is 0 Å². The minimum absolute atomic E-state index is 0.182. The van der Waals surface area contributed by atoms with Gasteiger partial charge in [0, 0.05) is 0 Å². The van der Waals surface area contributed by atoms with Crippen LogP contribution in [0.3, 0.4) is 0 Å². The van der Waals surface area contributed by atoms with E-state index in [1.807, 2.05) is 13.8 Å². The smallest absolute Gasteiger partial charge is 0.332 e. The van der Waals surface area contributed by atoms with E-state index in [0.29, 0.717) is 6.61 Å². The van der Waals surface area contributed by atoms with E-state index in [0.717, 1.165) is 0 Å². The third-order valence-electron chi connectivity index (χ3n) is 2.29. The van der Waals surface area contributed by atoms with E-state index in [1.165, 1.54) is 0 Å². The zero-order valence-corrected chi connectivity index (χ0v) is 11.3. The molecule has 19 heavy (non-hydrogen) atoms. The second-order valence-electron chi connectivity index (χ2n) is 4.66. The van der Waals surface area contributed by atoms with Crippen LogP contribution >= 0.6 is 0 Å². The molecule has 0 saturated carbocycles. The van der Waals surface area contributed by atoms with Crippen molar-refractivity contribution in [3.8, 4) is 0 Å². The summed E-state index contributed by atoms with van der Waals surface area (Å²) in [6.07, 6.45) is -1.35. The molecule has 7 heteroatoms. The summed E-state index contributed by atoms with van der Waals surface area (Å²) in [4.78, 5) is 30.7. The molecular weight excluding hydrogens is 256 g/mol. The van der Waals surface area contributed by atoms with Gasteiger partial charge in [0.2, 0.25) is 5.78 Å². The molecule has 2 unspecified atom stereocenters. The molecule has 1 aliphatic heterocycles. The summed E-state index contributed by atoms with van der Waals surface area (Å²) in [5.41, 5.74) is -0.471. The summed E-state index contributed by atoms with van der Waals surface area (Å²) in [7, 11) is 0. The predicted octanol–water partition coefficient (Wildman–Crippen LogP) is -0.210. The Labute approximate surface area is 111 Å². The molecular formula is C12H20O7. The Balaban J connectivity index is 0.000000399. The highest BCUT2D eigenvalue weighted by Crippen LogP contribution is 2.18. The van der Waals surface area contributed by atoms with Crippen molar-refractivity contribution in [2.45, 2.75) is 45.0 Å². The van der Waals surface area contributed by atoms with Crippen molar-refractivity contribution in [3.05, 3.63) is 0 Å². The molecule has 0 spiro atoms. The molecule has 7 nitrogen and oxygen atoms in total. The first-order chi connectivity index (χ1) is 8.73. The highest BCUT2D eigenvalue weighted by Gasteiger charge is 2.33. The fourth-order valence-corrected chi connectivity index (χ4v) is 1.26. The second-order valence-corrected chi connectivity index (χ2v) is 4.66. The summed E-state index contributed by atoms with van der Waals surface area (Å²) < 4.78 is 10.4. The molecule has 0 aromatic rings. The maximum absolute atomic E-state index is 10.9. The van der Waals surface area contributed by atoms with E-state index < -0.39 is 29.6 Å². The van der Waals surface area contributed by atoms with Crippen molar-refractivity contribution in [1.29, 1.82) is 0 Å². The molecule has 110 valence electrons. The van der Waals surface area contributed by atoms with Crippen LogP contribution in [0.15, 0.2) is 0 Å². The quantitative estimate of drug-likeness (QED) is 0.540. The summed E-state index contributed by atoms with van der Waals surface area (Å²) in [5, 5.41) is 16.3. The molecule has 1 aliphatic rings. The van der Waals surface area contributed by atoms with Crippen LogP contribution in [0.2, 0.25) is 0 Å². The largest absolute Gasteiger partial charge is 0.479 e. The third-order valence-corrected chi connectivity index (χ3v) is 2.29. The van der Waals surface area contributed by atoms with Crippen molar-refractivity contribution < 1.29 is 34.1 Å². The van der Waals surface area contributed by atoms with Gasteiger partial charge >= 0.3 is 5.97 Å². The number of hydrogen-bond donors (Lipinski definition) is 2. The first-order valence-corrected chi connectivity index (χ1v) is 5.89. The number of aldehydes is 1. The Morgan fingerprint density at radius 3 is 2.37 bits per heavy atom. The molecule has 1 saturated heterocycles. The topological polar surface area (TPSA) is 110 Å². The molecule has 0 aromatic heterocycles. The van der Waals surface area contributed by atoms with Crippen LogP contribution in [0.25, 0.3) is 0 Å². The lowest BCUT2D eigenvalue weighted by molar-refractivity contribution is -0.187. The highest BCUT2D eigenvalue weighted by molar-refractivity contribution is 6.27. The molecule has 1 rings (SSSR count). The molecule has 2 atom stereocenters. The van der Waals surface area contributed by atoms with E-state index in [2.05, 4.69) is 0 Å². The van der Waals surface area contributed by atoms with Gasteiger partial charge < -0.3 is 19.7 Å². The summed E-state index contributed by atoms with van der Waals surface area (Å²) in [6, 6.07) is 0. The maximum Gasteiger partial charge on any atom is 0.332 e. The predicted molar refractivity (Wildman–Crippen MR) is 64.8 cm³/mol. The van der Waals surface area contributed by atoms with Gasteiger partial charge in [-0.2, -0.15) is 0 Å². The fourth-order valence-electron chi connectivity index (χ4n) is 1.26. The lowest BCUT2D eigenvalue weighted by atomic mass is 10.1. The van der Waals surface area contributed by atoms with Crippen molar-refractivity contribution >= 4 is 18.0 Å². The molecule has 0 radical (unpaired) electrons. The summed E-state index contributed by atoms with van der Waals surface area (Å²) in [5.74, 6) is -1.70. The number of carbonyl (C=O) groups excluding carboxylic acids is 2. The summed E-state index contributed by atoms with van der Waals surface area (Å²) >= 11 is 0. The van der Waals surface area contributed by atoms with Crippen LogP contribution in [0.4, 0.5) is 0 Å². The summed E-state index contributed by atoms with van der Waals surface area (Å²) in [6.45, 7) is 5.88. The number of ketones is 1. The minimum atomic E-state index is -1.18. The van der Waals surface area contributed by atoms with Gasteiger partial charge in [0.15, 0.2) is 12.4 Å². The fraction of sp³-hybridized carbons (Fsp3) is 0.750. The molecule has 0 aliphatic carbocycles. The Hall–Kier alpha value is -1.31. The van der Waals surface area contributed by atoms with Crippen LogP contribution in [0.1, 0.15) is 27.2 Å². The number of carbonyl (C=O) groups is 3. The number of aliphatic carboxylic acids is 1. The zero-order chi connectivity index (χ0) is 15.1. The van der Waals surface area contributed by atoms with Crippen LogP contribution in [-0.4, -0.2) is 59.3 Å². The number of hydrogen-bond acceptors (Lipinski definition) is 6. The van der Waals surface area contributed by atoms with Crippen LogP contribution in [0.5, 0.6) is 0 Å². The number of carboxylic acid groups (broad SMARTS) is 1. The van der Waals surface area contributed by atoms with Crippen LogP contribution in [-0.2, 0) is 23.9 Å². The van der Waals surface area contributed by atoms with E-state index in [4.69, 9.17) is 19.7 Å². The highest BCUT2D eigenvalue weighted by atomic mass is 16.6. The number of aliphatic hydroxyl groups is 1. The van der Waals surface area contributed by atoms with Gasteiger partial charge in [0.1, 0.15) is 6.10 Å². The van der Waals surface area contributed by atoms with E-state index in [-0.39, 0.29) is 19.3 Å². The maximum atomic E-state index is 10.9. The molecule has 0 amide bonds. The average molecular weight is 276 g/mol. The SMILES string of the molecule is CC1(C)COCC(C(=O)C=O)O1.CCC(O)C(=O)O. The first-order valence-electron chi connectivity index (χ1n) is 5.89. The van der Waals surface area contributed by atoms with Gasteiger partial charge in [0.25, 0.3) is 0 Å². The Morgan fingerprint density at radius 2 is 2.05 bits per heavy atom. The second kappa shape index (κ2) is 7.98. The number of rotatable bonds is 4. The Bertz CT molecular complexity index is 324. The Kier molecular flexibility index (Phi) is 7.43. The van der Waals surface area contributed by atoms with Gasteiger partial charge in [-0.15, -0.1) is 0 Å². The number of Topliss-reactive ketones (excluding diaryl/α,β-unsaturated/α-hetero) is 1. The molecule has 1 heterocycles. The molecule has 0 bridgehead atoms. The number of aliphatic hydroxyl groups excluding tert-OH is 1. The van der Waals surface area contributed by atoms with Gasteiger partial charge in [-0.05, 0) is 20.3 Å². The number of ether oxygens (including phenoxy) is 2. The zero-order valence-electron chi connectivity index (χ0n) is 11.3. The standard InChI is InChI=1S/C8H12O4.C4H8O3/c1-8(2)5-11-4-7(12-8)6(10)3-9;1-2-3(5)4(6)7/h3,7H,4-5H2,1-2H3;3,5H,2H2,1H3,(H,6,7). The number of carboxylic acids is 1. The lowest BCUT2D eigenvalue weighted by Crippen LogP contribution is -2.46. The molecule has 1 fully saturated rings. The first kappa shape index (κ1) is 17.7. The monoisotopic (exact) mass is 276 g/mol. The third kappa shape index (κ3) is 7.00. The van der Waals surface area contributed by atoms with E-state index >= 15 is 0 Å². The van der Waals surface area contributed by atoms with Crippen molar-refractivity contribution in [1.82, 2.24) is 0 Å². The van der Waals surface area contributed by atoms with Crippen LogP contribution < -0.4 is 0 Å². The van der Waals surface area contributed by atoms with E-state index in [1.54, 1.807) is 6.92 Å². The van der Waals surface area contributed by atoms with Crippen molar-refractivity contribution in [2.24, 2.45) is 0 Å². The van der Waals surface area contributed by atoms with Crippen molar-refractivity contribution in [2.75, 3.05) is 13.2 Å². The van der Waals surface area contributed by atoms with Gasteiger partial charge in [-0.1, -0.05) is 6.92 Å². The van der Waals surface area contributed by atoms with E-state index in [9.17, 15) is 14.4 Å². The Morgan fingerprint density at radius 1 is 1.47 bits per heavy atom. The normalized spacial score (nSPS) is 22.6. The van der Waals surface area contributed by atoms with Gasteiger partial charge in [-0.25, -0.2) is 4.79 Å². The average Bonchev–Trinajstić information content (AvgIpc) is 2.36. The molecule has 0 aromatic carbocycles.